The van der Waals surface area contributed by atoms with Crippen LogP contribution in [0.2, 0.25) is 0 Å². The first-order valence-electron chi connectivity index (χ1n) is 10.4. The lowest BCUT2D eigenvalue weighted by Crippen LogP contribution is -2.09. The molecule has 0 saturated heterocycles. The number of nitrogens with zero attached hydrogens (tertiary/aromatic N) is 1. The van der Waals surface area contributed by atoms with E-state index in [-0.39, 0.29) is 0 Å². The first-order valence-corrected chi connectivity index (χ1v) is 12.2. The quantitative estimate of drug-likeness (QED) is 0.260. The van der Waals surface area contributed by atoms with E-state index >= 15 is 0 Å². The van der Waals surface area contributed by atoms with Gasteiger partial charge in [0.15, 0.2) is 0 Å². The minimum absolute atomic E-state index is 0.825. The van der Waals surface area contributed by atoms with Crippen LogP contribution in [0.3, 0.4) is 0 Å². The number of anilines is 3. The van der Waals surface area contributed by atoms with E-state index in [0.29, 0.717) is 0 Å². The monoisotopic (exact) mass is 449 g/mol. The van der Waals surface area contributed by atoms with Crippen LogP contribution < -0.4 is 9.64 Å². The van der Waals surface area contributed by atoms with E-state index in [1.165, 1.54) is 20.5 Å². The Morgan fingerprint density at radius 2 is 1.22 bits per heavy atom. The van der Waals surface area contributed by atoms with Crippen molar-refractivity contribution in [2.24, 2.45) is 0 Å². The minimum atomic E-state index is 0.825. The molecular weight excluding hydrogens is 430 g/mol. The van der Waals surface area contributed by atoms with E-state index < -0.39 is 0 Å². The molecule has 0 amide bonds. The summed E-state index contributed by atoms with van der Waals surface area (Å²) in [7, 11) is 0. The van der Waals surface area contributed by atoms with Gasteiger partial charge in [-0.1, -0.05) is 54.6 Å². The smallest absolute Gasteiger partial charge is 0.145 e. The van der Waals surface area contributed by atoms with Gasteiger partial charge in [0, 0.05) is 48.4 Å². The standard InChI is InChI=1S/C28H19NOS2/c1-2-9-20(10-3-1)29(25-18-31-27-15-6-4-13-23(25)27)21-11-8-12-22(17-21)30-26-19-32-28-16-7-5-14-24(26)28/h1-19H. The molecule has 0 atom stereocenters. The van der Waals surface area contributed by atoms with Crippen molar-refractivity contribution in [3.63, 3.8) is 0 Å². The maximum absolute atomic E-state index is 6.35. The van der Waals surface area contributed by atoms with Crippen LogP contribution in [0.25, 0.3) is 20.2 Å². The fourth-order valence-electron chi connectivity index (χ4n) is 3.99. The van der Waals surface area contributed by atoms with Crippen LogP contribution in [0, 0.1) is 0 Å². The summed E-state index contributed by atoms with van der Waals surface area (Å²) in [4.78, 5) is 2.30. The number of rotatable bonds is 5. The van der Waals surface area contributed by atoms with Crippen molar-refractivity contribution < 1.29 is 4.74 Å². The molecule has 0 aliphatic heterocycles. The second-order valence-corrected chi connectivity index (χ2v) is 9.31. The van der Waals surface area contributed by atoms with E-state index in [2.05, 4.69) is 113 Å². The average Bonchev–Trinajstić information content (AvgIpc) is 3.45. The molecule has 6 rings (SSSR count). The van der Waals surface area contributed by atoms with E-state index in [9.17, 15) is 0 Å². The Hall–Kier alpha value is -3.60. The van der Waals surface area contributed by atoms with Gasteiger partial charge in [0.05, 0.1) is 5.69 Å². The molecule has 0 N–H and O–H groups in total. The summed E-state index contributed by atoms with van der Waals surface area (Å²) in [6.45, 7) is 0. The summed E-state index contributed by atoms with van der Waals surface area (Å²) < 4.78 is 8.86. The normalized spacial score (nSPS) is 11.1. The summed E-state index contributed by atoms with van der Waals surface area (Å²) >= 11 is 3.48. The highest BCUT2D eigenvalue weighted by atomic mass is 32.1. The van der Waals surface area contributed by atoms with Crippen molar-refractivity contribution in [3.8, 4) is 11.5 Å². The number of hydrogen-bond acceptors (Lipinski definition) is 4. The molecule has 32 heavy (non-hydrogen) atoms. The highest BCUT2D eigenvalue weighted by molar-refractivity contribution is 7.18. The van der Waals surface area contributed by atoms with Crippen LogP contribution in [0.4, 0.5) is 17.1 Å². The zero-order valence-electron chi connectivity index (χ0n) is 17.1. The van der Waals surface area contributed by atoms with E-state index in [4.69, 9.17) is 4.74 Å². The zero-order valence-corrected chi connectivity index (χ0v) is 18.8. The van der Waals surface area contributed by atoms with Gasteiger partial charge in [0.1, 0.15) is 11.5 Å². The molecule has 0 fully saturated rings. The summed E-state index contributed by atoms with van der Waals surface area (Å²) in [6.07, 6.45) is 0. The number of hydrogen-bond donors (Lipinski definition) is 0. The average molecular weight is 450 g/mol. The molecule has 4 heteroatoms. The highest BCUT2D eigenvalue weighted by Crippen LogP contribution is 2.43. The number of ether oxygens (including phenoxy) is 1. The number of para-hydroxylation sites is 1. The number of benzene rings is 4. The van der Waals surface area contributed by atoms with Crippen molar-refractivity contribution in [3.05, 3.63) is 114 Å². The summed E-state index contributed by atoms with van der Waals surface area (Å²) in [5.74, 6) is 1.72. The Morgan fingerprint density at radius 3 is 2.06 bits per heavy atom. The molecule has 2 heterocycles. The summed E-state index contributed by atoms with van der Waals surface area (Å²) in [5.41, 5.74) is 3.36. The molecule has 2 nitrogen and oxygen atoms in total. The van der Waals surface area contributed by atoms with Crippen LogP contribution >= 0.6 is 22.7 Å². The first-order chi connectivity index (χ1) is 15.9. The number of fused-ring (bicyclic) bond motifs is 2. The third kappa shape index (κ3) is 3.44. The Labute approximate surface area is 194 Å². The Balaban J connectivity index is 1.45. The van der Waals surface area contributed by atoms with Crippen LogP contribution in [0.5, 0.6) is 11.5 Å². The molecule has 4 aromatic carbocycles. The van der Waals surface area contributed by atoms with Crippen molar-refractivity contribution in [1.82, 2.24) is 0 Å². The number of thiophene rings is 2. The lowest BCUT2D eigenvalue weighted by atomic mass is 10.1. The molecule has 0 radical (unpaired) electrons. The van der Waals surface area contributed by atoms with Crippen molar-refractivity contribution in [2.75, 3.05) is 4.90 Å². The van der Waals surface area contributed by atoms with Crippen LogP contribution in [0.1, 0.15) is 0 Å². The van der Waals surface area contributed by atoms with Gasteiger partial charge in [-0.2, -0.15) is 0 Å². The largest absolute Gasteiger partial charge is 0.456 e. The topological polar surface area (TPSA) is 12.5 Å². The summed E-state index contributed by atoms with van der Waals surface area (Å²) in [6, 6.07) is 35.7. The first kappa shape index (κ1) is 19.1. The Morgan fingerprint density at radius 1 is 0.562 bits per heavy atom. The predicted molar refractivity (Wildman–Crippen MR) is 138 cm³/mol. The third-order valence-corrected chi connectivity index (χ3v) is 7.36. The van der Waals surface area contributed by atoms with Crippen molar-refractivity contribution in [1.29, 1.82) is 0 Å². The Bertz CT molecular complexity index is 1520. The van der Waals surface area contributed by atoms with E-state index in [1.54, 1.807) is 22.7 Å². The molecule has 0 saturated carbocycles. The van der Waals surface area contributed by atoms with E-state index in [0.717, 1.165) is 28.3 Å². The zero-order chi connectivity index (χ0) is 21.3. The molecule has 0 spiro atoms. The van der Waals surface area contributed by atoms with Gasteiger partial charge in [-0.25, -0.2) is 0 Å². The second kappa shape index (κ2) is 8.15. The molecule has 0 bridgehead atoms. The van der Waals surface area contributed by atoms with Crippen LogP contribution in [-0.2, 0) is 0 Å². The SMILES string of the molecule is c1ccc(N(c2cccc(Oc3csc4ccccc34)c2)c2csc3ccccc23)cc1. The van der Waals surface area contributed by atoms with Gasteiger partial charge in [0.25, 0.3) is 0 Å². The second-order valence-electron chi connectivity index (χ2n) is 7.48. The van der Waals surface area contributed by atoms with Crippen molar-refractivity contribution >= 4 is 59.9 Å². The maximum Gasteiger partial charge on any atom is 0.145 e. The van der Waals surface area contributed by atoms with Gasteiger partial charge in [-0.3, -0.25) is 0 Å². The van der Waals surface area contributed by atoms with Gasteiger partial charge < -0.3 is 9.64 Å². The third-order valence-electron chi connectivity index (χ3n) is 5.46. The predicted octanol–water partition coefficient (Wildman–Crippen LogP) is 9.38. The molecule has 2 aromatic heterocycles. The summed E-state index contributed by atoms with van der Waals surface area (Å²) in [5, 5.41) is 6.71. The molecular formula is C28H19NOS2. The molecule has 0 aliphatic rings. The minimum Gasteiger partial charge on any atom is -0.456 e. The fourth-order valence-corrected chi connectivity index (χ4v) is 5.78. The van der Waals surface area contributed by atoms with Crippen LogP contribution in [-0.4, -0.2) is 0 Å². The van der Waals surface area contributed by atoms with Gasteiger partial charge in [-0.15, -0.1) is 22.7 Å². The lowest BCUT2D eigenvalue weighted by Gasteiger charge is -2.25. The van der Waals surface area contributed by atoms with Gasteiger partial charge >= 0.3 is 0 Å². The highest BCUT2D eigenvalue weighted by Gasteiger charge is 2.17. The maximum atomic E-state index is 6.35. The molecule has 0 aliphatic carbocycles. The lowest BCUT2D eigenvalue weighted by molar-refractivity contribution is 0.490. The molecule has 154 valence electrons. The van der Waals surface area contributed by atoms with Gasteiger partial charge in [-0.05, 0) is 42.5 Å². The fraction of sp³-hybridized carbons (Fsp3) is 0. The van der Waals surface area contributed by atoms with Crippen molar-refractivity contribution in [2.45, 2.75) is 0 Å². The van der Waals surface area contributed by atoms with Gasteiger partial charge in [0.2, 0.25) is 0 Å². The van der Waals surface area contributed by atoms with Crippen LogP contribution in [0.15, 0.2) is 114 Å². The Kier molecular flexibility index (Phi) is 4.87. The van der Waals surface area contributed by atoms with E-state index in [1.807, 2.05) is 6.07 Å². The molecule has 0 unspecified atom stereocenters. The molecule has 6 aromatic rings.